The number of rotatable bonds is 2. The molecule has 0 radical (unpaired) electrons. The lowest BCUT2D eigenvalue weighted by Crippen LogP contribution is -2.00. The summed E-state index contributed by atoms with van der Waals surface area (Å²) in [6, 6.07) is 20.0. The van der Waals surface area contributed by atoms with Crippen molar-refractivity contribution in [3.63, 3.8) is 0 Å². The van der Waals surface area contributed by atoms with Crippen LogP contribution in [0.3, 0.4) is 0 Å². The third-order valence-corrected chi connectivity index (χ3v) is 4.88. The van der Waals surface area contributed by atoms with Crippen LogP contribution in [0.25, 0.3) is 50.3 Å². The molecule has 0 aliphatic carbocycles. The summed E-state index contributed by atoms with van der Waals surface area (Å²) in [6.07, 6.45) is 0. The first-order valence-electron chi connectivity index (χ1n) is 8.91. The first-order chi connectivity index (χ1) is 14.3. The largest absolute Gasteiger partial charge is 0.455 e. The number of benzene rings is 3. The molecule has 3 aromatic carbocycles. The van der Waals surface area contributed by atoms with Crippen LogP contribution in [0.1, 0.15) is 0 Å². The Morgan fingerprint density at radius 3 is 2.52 bits per heavy atom. The molecule has 29 heavy (non-hydrogen) atoms. The molecule has 0 fully saturated rings. The van der Waals surface area contributed by atoms with Crippen LogP contribution >= 0.6 is 0 Å². The molecule has 6 rings (SSSR count). The molecule has 0 bridgehead atoms. The number of para-hydroxylation sites is 2. The van der Waals surface area contributed by atoms with Crippen LogP contribution in [0.4, 0.5) is 4.39 Å². The molecule has 0 N–H and O–H groups in total. The van der Waals surface area contributed by atoms with E-state index in [0.717, 1.165) is 5.69 Å². The van der Waals surface area contributed by atoms with Crippen molar-refractivity contribution in [2.75, 3.05) is 0 Å². The summed E-state index contributed by atoms with van der Waals surface area (Å²) >= 11 is 0. The maximum absolute atomic E-state index is 14.7. The molecule has 3 heterocycles. The van der Waals surface area contributed by atoms with Gasteiger partial charge in [0, 0.05) is 11.1 Å². The molecular weight excluding hydrogens is 371 g/mol. The minimum absolute atomic E-state index is 0.340. The monoisotopic (exact) mass is 382 g/mol. The highest BCUT2D eigenvalue weighted by atomic mass is 19.1. The van der Waals surface area contributed by atoms with Gasteiger partial charge in [0.2, 0.25) is 11.3 Å². The Morgan fingerprint density at radius 2 is 1.62 bits per heavy atom. The lowest BCUT2D eigenvalue weighted by molar-refractivity contribution is 0.634. The number of fused-ring (bicyclic) bond motifs is 4. The molecule has 0 aliphatic rings. The first-order valence-corrected chi connectivity index (χ1v) is 8.91. The molecule has 0 atom stereocenters. The van der Waals surface area contributed by atoms with Crippen molar-refractivity contribution in [1.82, 2.24) is 30.2 Å². The van der Waals surface area contributed by atoms with Crippen molar-refractivity contribution in [1.29, 1.82) is 0 Å². The molecule has 0 spiro atoms. The summed E-state index contributed by atoms with van der Waals surface area (Å²) in [5, 5.41) is 16.5. The Bertz CT molecular complexity index is 1520. The molecule has 6 aromatic rings. The highest BCUT2D eigenvalue weighted by Gasteiger charge is 2.22. The molecule has 3 aromatic heterocycles. The molecule has 0 amide bonds. The number of hydrogen-bond acceptors (Lipinski definition) is 6. The van der Waals surface area contributed by atoms with Gasteiger partial charge < -0.3 is 4.42 Å². The zero-order valence-corrected chi connectivity index (χ0v) is 14.8. The van der Waals surface area contributed by atoms with Crippen molar-refractivity contribution in [3.8, 4) is 17.1 Å². The number of nitrogens with zero attached hydrogens (tertiary/aromatic N) is 6. The van der Waals surface area contributed by atoms with Crippen LogP contribution in [-0.2, 0) is 0 Å². The first kappa shape index (κ1) is 15.8. The van der Waals surface area contributed by atoms with E-state index in [0.29, 0.717) is 44.6 Å². The molecular formula is C21H11FN6O. The summed E-state index contributed by atoms with van der Waals surface area (Å²) in [5.41, 5.74) is 3.26. The average Bonchev–Trinajstić information content (AvgIpc) is 3.34. The van der Waals surface area contributed by atoms with Gasteiger partial charge in [-0.25, -0.2) is 9.37 Å². The second kappa shape index (κ2) is 5.90. The highest BCUT2D eigenvalue weighted by molar-refractivity contribution is 6.09. The van der Waals surface area contributed by atoms with Gasteiger partial charge in [-0.05, 0) is 40.8 Å². The van der Waals surface area contributed by atoms with Gasteiger partial charge in [-0.15, -0.1) is 10.2 Å². The Kier molecular flexibility index (Phi) is 3.22. The van der Waals surface area contributed by atoms with Crippen LogP contribution in [0, 0.1) is 5.82 Å². The summed E-state index contributed by atoms with van der Waals surface area (Å²) in [5.74, 6) is 0.167. The van der Waals surface area contributed by atoms with Crippen molar-refractivity contribution < 1.29 is 8.81 Å². The Hall–Kier alpha value is -4.20. The van der Waals surface area contributed by atoms with Crippen molar-refractivity contribution in [2.45, 2.75) is 0 Å². The van der Waals surface area contributed by atoms with E-state index in [-0.39, 0.29) is 5.82 Å². The van der Waals surface area contributed by atoms with Gasteiger partial charge in [0.15, 0.2) is 5.82 Å². The molecule has 8 heteroatoms. The number of hydrogen-bond donors (Lipinski definition) is 0. The second-order valence-corrected chi connectivity index (χ2v) is 6.53. The topological polar surface area (TPSA) is 82.5 Å². The maximum Gasteiger partial charge on any atom is 0.224 e. The summed E-state index contributed by atoms with van der Waals surface area (Å²) in [7, 11) is 0. The van der Waals surface area contributed by atoms with E-state index in [1.165, 1.54) is 6.07 Å². The Morgan fingerprint density at radius 1 is 0.828 bits per heavy atom. The van der Waals surface area contributed by atoms with E-state index in [1.807, 2.05) is 59.2 Å². The molecule has 0 unspecified atom stereocenters. The predicted octanol–water partition coefficient (Wildman–Crippen LogP) is 4.31. The highest BCUT2D eigenvalue weighted by Crippen LogP contribution is 2.38. The van der Waals surface area contributed by atoms with E-state index >= 15 is 0 Å². The van der Waals surface area contributed by atoms with Crippen LogP contribution < -0.4 is 0 Å². The summed E-state index contributed by atoms with van der Waals surface area (Å²) in [6.45, 7) is 0. The number of imidazole rings is 1. The van der Waals surface area contributed by atoms with Gasteiger partial charge >= 0.3 is 0 Å². The number of aromatic nitrogens is 6. The van der Waals surface area contributed by atoms with E-state index in [9.17, 15) is 4.39 Å². The molecule has 0 saturated carbocycles. The minimum atomic E-state index is -0.351. The van der Waals surface area contributed by atoms with Gasteiger partial charge in [0.25, 0.3) is 0 Å². The Labute approximate surface area is 162 Å². The number of furan rings is 1. The quantitative estimate of drug-likeness (QED) is 0.444. The number of halogens is 1. The predicted molar refractivity (Wildman–Crippen MR) is 105 cm³/mol. The van der Waals surface area contributed by atoms with Gasteiger partial charge in [-0.1, -0.05) is 36.4 Å². The maximum atomic E-state index is 14.7. The zero-order valence-electron chi connectivity index (χ0n) is 14.8. The summed E-state index contributed by atoms with van der Waals surface area (Å²) < 4.78 is 22.6. The van der Waals surface area contributed by atoms with E-state index < -0.39 is 0 Å². The van der Waals surface area contributed by atoms with Gasteiger partial charge in [-0.3, -0.25) is 4.57 Å². The molecule has 0 aliphatic heterocycles. The van der Waals surface area contributed by atoms with E-state index in [4.69, 9.17) is 4.42 Å². The summed E-state index contributed by atoms with van der Waals surface area (Å²) in [4.78, 5) is 4.61. The van der Waals surface area contributed by atoms with Crippen LogP contribution in [0.2, 0.25) is 0 Å². The van der Waals surface area contributed by atoms with Crippen LogP contribution in [-0.4, -0.2) is 30.2 Å². The molecule has 0 saturated heterocycles. The fourth-order valence-electron chi connectivity index (χ4n) is 3.65. The lowest BCUT2D eigenvalue weighted by Gasteiger charge is -2.08. The van der Waals surface area contributed by atoms with Crippen LogP contribution in [0.15, 0.2) is 71.1 Å². The van der Waals surface area contributed by atoms with Gasteiger partial charge in [-0.2, -0.15) is 0 Å². The standard InChI is InChI=1S/C21H11FN6O/c22-15-11-10-14(18-17(15)13-8-4-5-9-16(13)29-18)20-23-19-21(25-27-26-24-19)28(20)12-6-2-1-3-7-12/h1-11H. The van der Waals surface area contributed by atoms with Gasteiger partial charge in [0.1, 0.15) is 17.0 Å². The Balaban J connectivity index is 1.76. The average molecular weight is 382 g/mol. The van der Waals surface area contributed by atoms with E-state index in [1.54, 1.807) is 6.07 Å². The minimum Gasteiger partial charge on any atom is -0.455 e. The lowest BCUT2D eigenvalue weighted by atomic mass is 10.1. The third-order valence-electron chi connectivity index (χ3n) is 4.88. The SMILES string of the molecule is Fc1ccc(-c2nc3nnnnc3n2-c2ccccc2)c2oc3ccccc3c12. The fraction of sp³-hybridized carbons (Fsp3) is 0. The fourth-order valence-corrected chi connectivity index (χ4v) is 3.65. The zero-order chi connectivity index (χ0) is 19.4. The van der Waals surface area contributed by atoms with Crippen molar-refractivity contribution in [2.24, 2.45) is 0 Å². The van der Waals surface area contributed by atoms with Gasteiger partial charge in [0.05, 0.1) is 10.9 Å². The van der Waals surface area contributed by atoms with E-state index in [2.05, 4.69) is 25.6 Å². The molecule has 138 valence electrons. The molecule has 7 nitrogen and oxygen atoms in total. The smallest absolute Gasteiger partial charge is 0.224 e. The van der Waals surface area contributed by atoms with Crippen LogP contribution in [0.5, 0.6) is 0 Å². The normalized spacial score (nSPS) is 11.6. The van der Waals surface area contributed by atoms with Crippen molar-refractivity contribution in [3.05, 3.63) is 72.5 Å². The second-order valence-electron chi connectivity index (χ2n) is 6.53. The third kappa shape index (κ3) is 2.26. The van der Waals surface area contributed by atoms with Crippen molar-refractivity contribution >= 4 is 33.2 Å².